The molecule has 4 aliphatic carbocycles. The van der Waals surface area contributed by atoms with Gasteiger partial charge in [-0.15, -0.1) is 0 Å². The van der Waals surface area contributed by atoms with E-state index in [9.17, 15) is 24.3 Å². The second-order valence-electron chi connectivity index (χ2n) is 15.7. The summed E-state index contributed by atoms with van der Waals surface area (Å²) in [6, 6.07) is 0. The molecule has 234 valence electrons. The molecule has 2 heterocycles. The van der Waals surface area contributed by atoms with Crippen molar-refractivity contribution in [3.63, 3.8) is 0 Å². The largest absolute Gasteiger partial charge is 0.511 e. The van der Waals surface area contributed by atoms with Gasteiger partial charge in [-0.3, -0.25) is 19.3 Å². The third kappa shape index (κ3) is 5.17. The molecular weight excluding hydrogens is 538 g/mol. The average Bonchev–Trinajstić information content (AvgIpc) is 3.28. The Kier molecular flexibility index (Phi) is 7.85. The summed E-state index contributed by atoms with van der Waals surface area (Å²) in [6.07, 6.45) is 6.87. The number of fused-ring (bicyclic) bond motifs is 1. The molecule has 3 atom stereocenters. The number of aliphatic hydroxyl groups excluding tert-OH is 1. The summed E-state index contributed by atoms with van der Waals surface area (Å²) in [4.78, 5) is 55.1. The molecular formula is C33H49NO8. The fraction of sp³-hybridized carbons (Fsp3) is 0.818. The Morgan fingerprint density at radius 1 is 0.976 bits per heavy atom. The second-order valence-corrected chi connectivity index (χ2v) is 15.7. The van der Waals surface area contributed by atoms with Crippen LogP contribution in [0.2, 0.25) is 0 Å². The van der Waals surface area contributed by atoms with Crippen LogP contribution in [0.25, 0.3) is 0 Å². The highest BCUT2D eigenvalue weighted by Gasteiger charge is 2.73. The van der Waals surface area contributed by atoms with Crippen LogP contribution in [0.5, 0.6) is 0 Å². The Morgan fingerprint density at radius 2 is 1.55 bits per heavy atom. The second kappa shape index (κ2) is 10.6. The first-order chi connectivity index (χ1) is 19.5. The van der Waals surface area contributed by atoms with E-state index < -0.39 is 57.7 Å². The summed E-state index contributed by atoms with van der Waals surface area (Å²) in [7, 11) is 0. The van der Waals surface area contributed by atoms with Gasteiger partial charge in [0.05, 0.1) is 25.7 Å². The summed E-state index contributed by atoms with van der Waals surface area (Å²) < 4.78 is 17.0. The Balaban J connectivity index is 1.27. The van der Waals surface area contributed by atoms with Crippen LogP contribution in [0.4, 0.5) is 0 Å². The lowest BCUT2D eigenvalue weighted by Crippen LogP contribution is -2.60. The lowest BCUT2D eigenvalue weighted by molar-refractivity contribution is -0.162. The van der Waals surface area contributed by atoms with Crippen molar-refractivity contribution in [3.8, 4) is 0 Å². The van der Waals surface area contributed by atoms with E-state index in [4.69, 9.17) is 14.2 Å². The number of rotatable bonds is 9. The maximum Gasteiger partial charge on any atom is 0.343 e. The number of amides is 1. The van der Waals surface area contributed by atoms with Gasteiger partial charge >= 0.3 is 11.9 Å². The number of esters is 2. The van der Waals surface area contributed by atoms with Crippen LogP contribution in [0.1, 0.15) is 106 Å². The predicted molar refractivity (Wildman–Crippen MR) is 154 cm³/mol. The normalized spacial score (nSPS) is 36.8. The number of aliphatic hydroxyl groups is 1. The number of Topliss-reactive ketones (excluding diaryl/α,β-unsaturated/α-hetero) is 1. The first kappa shape index (κ1) is 31.0. The van der Waals surface area contributed by atoms with E-state index in [1.54, 1.807) is 27.7 Å². The van der Waals surface area contributed by atoms with Crippen molar-refractivity contribution < 1.29 is 38.5 Å². The topological polar surface area (TPSA) is 119 Å². The highest BCUT2D eigenvalue weighted by molar-refractivity contribution is 6.35. The van der Waals surface area contributed by atoms with Crippen LogP contribution in [0, 0.1) is 34.0 Å². The molecule has 1 N–H and O–H groups in total. The standard InChI is InChI=1S/C33H49NO8/c1-8-40-29(39)33-19(2)42-28(30(3,4)5)34(33)27(38)25(26(33)37)23(35)17-31(6,7)18-24(36)41-10-9-32-14-20-11-21(15-32)13-22(12-20)16-32/h19-22,28,35H,8-18H2,1-7H3/b25-23-/t19-,20?,21?,22?,28-,32?,33-/m1/s1. The fourth-order valence-corrected chi connectivity index (χ4v) is 9.17. The van der Waals surface area contributed by atoms with Crippen molar-refractivity contribution in [2.45, 2.75) is 124 Å². The minimum Gasteiger partial charge on any atom is -0.511 e. The molecule has 0 spiro atoms. The summed E-state index contributed by atoms with van der Waals surface area (Å²) in [6.45, 7) is 12.7. The quantitative estimate of drug-likeness (QED) is 0.128. The van der Waals surface area contributed by atoms with Crippen LogP contribution in [0.3, 0.4) is 0 Å². The van der Waals surface area contributed by atoms with Crippen molar-refractivity contribution in [3.05, 3.63) is 11.3 Å². The SMILES string of the molecule is CCOC(=O)[C@@]12C(=O)/C(=C(/O)CC(C)(C)CC(=O)OCCC34CC5CC(CC(C5)C3)C4)C(=O)N1[C@@H](C(C)(C)C)O[C@@H]2C. The smallest absolute Gasteiger partial charge is 0.343 e. The summed E-state index contributed by atoms with van der Waals surface area (Å²) in [5, 5.41) is 11.2. The molecule has 0 aromatic carbocycles. The van der Waals surface area contributed by atoms with Crippen molar-refractivity contribution in [2.75, 3.05) is 13.2 Å². The van der Waals surface area contributed by atoms with Crippen molar-refractivity contribution in [1.29, 1.82) is 0 Å². The van der Waals surface area contributed by atoms with Gasteiger partial charge in [0.2, 0.25) is 11.3 Å². The Bertz CT molecular complexity index is 1140. The molecule has 6 aliphatic rings. The summed E-state index contributed by atoms with van der Waals surface area (Å²) in [5.41, 5.74) is -3.54. The molecule has 9 heteroatoms. The number of nitrogens with zero attached hydrogens (tertiary/aromatic N) is 1. The third-order valence-corrected chi connectivity index (χ3v) is 10.5. The van der Waals surface area contributed by atoms with E-state index in [0.29, 0.717) is 12.0 Å². The van der Waals surface area contributed by atoms with Gasteiger partial charge in [-0.05, 0) is 87.4 Å². The van der Waals surface area contributed by atoms with Gasteiger partial charge in [0, 0.05) is 11.8 Å². The molecule has 0 radical (unpaired) electrons. The molecule has 2 aliphatic heterocycles. The molecule has 4 bridgehead atoms. The van der Waals surface area contributed by atoms with Gasteiger partial charge < -0.3 is 19.3 Å². The number of hydrogen-bond donors (Lipinski definition) is 1. The van der Waals surface area contributed by atoms with E-state index >= 15 is 0 Å². The third-order valence-electron chi connectivity index (χ3n) is 10.5. The van der Waals surface area contributed by atoms with Crippen LogP contribution in [0.15, 0.2) is 11.3 Å². The number of hydrogen-bond acceptors (Lipinski definition) is 8. The summed E-state index contributed by atoms with van der Waals surface area (Å²) >= 11 is 0. The molecule has 2 saturated heterocycles. The fourth-order valence-electron chi connectivity index (χ4n) is 9.17. The van der Waals surface area contributed by atoms with Gasteiger partial charge in [0.25, 0.3) is 5.91 Å². The van der Waals surface area contributed by atoms with Crippen molar-refractivity contribution in [1.82, 2.24) is 4.90 Å². The van der Waals surface area contributed by atoms with Crippen LogP contribution >= 0.6 is 0 Å². The highest BCUT2D eigenvalue weighted by Crippen LogP contribution is 2.61. The Morgan fingerprint density at radius 3 is 2.07 bits per heavy atom. The van der Waals surface area contributed by atoms with Crippen LogP contribution in [-0.4, -0.2) is 64.7 Å². The predicted octanol–water partition coefficient (Wildman–Crippen LogP) is 5.26. The molecule has 6 rings (SSSR count). The molecule has 1 amide bonds. The lowest BCUT2D eigenvalue weighted by atomic mass is 9.49. The zero-order valence-corrected chi connectivity index (χ0v) is 26.4. The maximum absolute atomic E-state index is 13.9. The molecule has 0 aromatic rings. The minimum atomic E-state index is -2.01. The monoisotopic (exact) mass is 587 g/mol. The minimum absolute atomic E-state index is 0.0183. The van der Waals surface area contributed by atoms with Gasteiger partial charge in [0.1, 0.15) is 17.6 Å². The number of carbonyl (C=O) groups is 4. The van der Waals surface area contributed by atoms with Gasteiger partial charge in [-0.2, -0.15) is 0 Å². The molecule has 42 heavy (non-hydrogen) atoms. The molecule has 9 nitrogen and oxygen atoms in total. The lowest BCUT2D eigenvalue weighted by Gasteiger charge is -2.57. The highest BCUT2D eigenvalue weighted by atomic mass is 16.6. The maximum atomic E-state index is 13.9. The zero-order chi connectivity index (χ0) is 30.8. The van der Waals surface area contributed by atoms with Crippen molar-refractivity contribution >= 4 is 23.6 Å². The van der Waals surface area contributed by atoms with E-state index in [-0.39, 0.29) is 25.4 Å². The molecule has 0 unspecified atom stereocenters. The first-order valence-electron chi connectivity index (χ1n) is 15.8. The number of allylic oxidation sites excluding steroid dienone is 1. The van der Waals surface area contributed by atoms with E-state index in [2.05, 4.69) is 0 Å². The average molecular weight is 588 g/mol. The summed E-state index contributed by atoms with van der Waals surface area (Å²) in [5.74, 6) is -0.716. The van der Waals surface area contributed by atoms with Gasteiger partial charge in [0.15, 0.2) is 0 Å². The number of ketones is 1. The Labute approximate surface area is 249 Å². The van der Waals surface area contributed by atoms with Gasteiger partial charge in [-0.25, -0.2) is 4.79 Å². The Hall–Kier alpha value is -2.42. The zero-order valence-electron chi connectivity index (χ0n) is 26.4. The van der Waals surface area contributed by atoms with E-state index in [1.165, 1.54) is 38.5 Å². The van der Waals surface area contributed by atoms with E-state index in [0.717, 1.165) is 29.1 Å². The number of ether oxygens (including phenoxy) is 3. The van der Waals surface area contributed by atoms with E-state index in [1.807, 2.05) is 20.8 Å². The molecule has 4 saturated carbocycles. The van der Waals surface area contributed by atoms with Crippen LogP contribution in [-0.2, 0) is 33.4 Å². The molecule has 0 aromatic heterocycles. The van der Waals surface area contributed by atoms with Gasteiger partial charge in [-0.1, -0.05) is 34.6 Å². The van der Waals surface area contributed by atoms with Crippen LogP contribution < -0.4 is 0 Å². The first-order valence-corrected chi connectivity index (χ1v) is 15.8. The number of carbonyl (C=O) groups excluding carboxylic acids is 4. The molecule has 6 fully saturated rings. The van der Waals surface area contributed by atoms with Crippen molar-refractivity contribution in [2.24, 2.45) is 34.0 Å².